The van der Waals surface area contributed by atoms with Gasteiger partial charge >= 0.3 is 0 Å². The van der Waals surface area contributed by atoms with Gasteiger partial charge in [-0.05, 0) is 18.6 Å². The van der Waals surface area contributed by atoms with Crippen molar-refractivity contribution in [1.82, 2.24) is 4.98 Å². The van der Waals surface area contributed by atoms with Gasteiger partial charge in [0.15, 0.2) is 9.84 Å². The molecular formula is C9H15ClN2O2S. The molecule has 1 aromatic heterocycles. The van der Waals surface area contributed by atoms with Gasteiger partial charge in [0.1, 0.15) is 0 Å². The molecule has 6 heteroatoms. The summed E-state index contributed by atoms with van der Waals surface area (Å²) < 4.78 is 23.1. The van der Waals surface area contributed by atoms with Crippen LogP contribution in [0, 0.1) is 0 Å². The molecule has 86 valence electrons. The molecule has 0 aliphatic heterocycles. The Bertz CT molecular complexity index is 389. The van der Waals surface area contributed by atoms with Crippen molar-refractivity contribution in [3.63, 3.8) is 0 Å². The smallest absolute Gasteiger partial charge is 0.179 e. The molecule has 0 radical (unpaired) electrons. The van der Waals surface area contributed by atoms with Crippen LogP contribution in [0.15, 0.2) is 23.2 Å². The fraction of sp³-hybridized carbons (Fsp3) is 0.444. The first-order valence-corrected chi connectivity index (χ1v) is 6.13. The largest absolute Gasteiger partial charge is 0.325 e. The number of hydrogen-bond donors (Lipinski definition) is 1. The molecule has 2 N–H and O–H groups in total. The highest BCUT2D eigenvalue weighted by atomic mass is 35.5. The zero-order valence-electron chi connectivity index (χ0n) is 8.51. The van der Waals surface area contributed by atoms with Crippen LogP contribution >= 0.6 is 12.4 Å². The molecule has 0 saturated heterocycles. The van der Waals surface area contributed by atoms with Crippen LogP contribution in [0.1, 0.15) is 19.0 Å². The summed E-state index contributed by atoms with van der Waals surface area (Å²) in [5.74, 6) is 0.163. The molecule has 0 aromatic carbocycles. The Kier molecular flexibility index (Phi) is 5.79. The van der Waals surface area contributed by atoms with Crippen LogP contribution in [0.3, 0.4) is 0 Å². The Morgan fingerprint density at radius 3 is 2.47 bits per heavy atom. The zero-order valence-corrected chi connectivity index (χ0v) is 10.1. The minimum atomic E-state index is -3.14. The number of sulfone groups is 1. The average Bonchev–Trinajstić information content (AvgIpc) is 2.18. The Morgan fingerprint density at radius 2 is 2.07 bits per heavy atom. The lowest BCUT2D eigenvalue weighted by atomic mass is 10.4. The van der Waals surface area contributed by atoms with Crippen LogP contribution in [0.5, 0.6) is 0 Å². The maximum atomic E-state index is 11.6. The molecule has 0 saturated carbocycles. The second-order valence-electron chi connectivity index (χ2n) is 3.01. The minimum Gasteiger partial charge on any atom is -0.325 e. The van der Waals surface area contributed by atoms with Crippen LogP contribution in [0.2, 0.25) is 0 Å². The predicted octanol–water partition coefficient (Wildman–Crippen LogP) is 1.15. The van der Waals surface area contributed by atoms with Crippen LogP contribution < -0.4 is 5.73 Å². The van der Waals surface area contributed by atoms with E-state index in [0.29, 0.717) is 18.7 Å². The van der Waals surface area contributed by atoms with Crippen LogP contribution in [0.25, 0.3) is 0 Å². The maximum Gasteiger partial charge on any atom is 0.179 e. The molecule has 0 unspecified atom stereocenters. The first kappa shape index (κ1) is 14.3. The summed E-state index contributed by atoms with van der Waals surface area (Å²) in [7, 11) is -3.14. The number of nitrogens with two attached hydrogens (primary N) is 1. The highest BCUT2D eigenvalue weighted by Gasteiger charge is 2.12. The molecule has 0 spiro atoms. The second-order valence-corrected chi connectivity index (χ2v) is 5.12. The van der Waals surface area contributed by atoms with Gasteiger partial charge in [-0.1, -0.05) is 6.92 Å². The van der Waals surface area contributed by atoms with Crippen molar-refractivity contribution in [1.29, 1.82) is 0 Å². The molecule has 0 bridgehead atoms. The first-order chi connectivity index (χ1) is 6.60. The minimum absolute atomic E-state index is 0. The fourth-order valence-corrected chi connectivity index (χ4v) is 2.36. The number of pyridine rings is 1. The van der Waals surface area contributed by atoms with Gasteiger partial charge in [0.2, 0.25) is 0 Å². The van der Waals surface area contributed by atoms with Crippen molar-refractivity contribution in [2.24, 2.45) is 5.73 Å². The number of nitrogens with zero attached hydrogens (tertiary/aromatic N) is 1. The van der Waals surface area contributed by atoms with E-state index in [2.05, 4.69) is 4.98 Å². The number of rotatable bonds is 4. The van der Waals surface area contributed by atoms with E-state index in [1.165, 1.54) is 6.20 Å². The fourth-order valence-electron chi connectivity index (χ4n) is 1.10. The highest BCUT2D eigenvalue weighted by molar-refractivity contribution is 7.91. The summed E-state index contributed by atoms with van der Waals surface area (Å²) in [4.78, 5) is 4.22. The lowest BCUT2D eigenvalue weighted by molar-refractivity contribution is 0.594. The Balaban J connectivity index is 0.00000196. The summed E-state index contributed by atoms with van der Waals surface area (Å²) in [5.41, 5.74) is 6.05. The van der Waals surface area contributed by atoms with Crippen molar-refractivity contribution in [3.05, 3.63) is 24.0 Å². The van der Waals surface area contributed by atoms with Gasteiger partial charge in [0, 0.05) is 12.7 Å². The van der Waals surface area contributed by atoms with Crippen LogP contribution in [0.4, 0.5) is 0 Å². The summed E-state index contributed by atoms with van der Waals surface area (Å²) >= 11 is 0. The zero-order chi connectivity index (χ0) is 10.6. The Hall–Kier alpha value is -0.650. The maximum absolute atomic E-state index is 11.6. The predicted molar refractivity (Wildman–Crippen MR) is 61.7 cm³/mol. The normalized spacial score (nSPS) is 10.8. The van der Waals surface area contributed by atoms with E-state index < -0.39 is 9.84 Å². The topological polar surface area (TPSA) is 73.0 Å². The van der Waals surface area contributed by atoms with Crippen molar-refractivity contribution >= 4 is 22.2 Å². The molecule has 1 rings (SSSR count). The van der Waals surface area contributed by atoms with E-state index in [1.807, 2.05) is 6.92 Å². The molecule has 15 heavy (non-hydrogen) atoms. The molecule has 0 aliphatic carbocycles. The molecule has 4 nitrogen and oxygen atoms in total. The van der Waals surface area contributed by atoms with Gasteiger partial charge in [0.25, 0.3) is 0 Å². The number of aromatic nitrogens is 1. The third-order valence-electron chi connectivity index (χ3n) is 1.84. The third kappa shape index (κ3) is 3.77. The molecule has 1 aromatic rings. The summed E-state index contributed by atoms with van der Waals surface area (Å²) in [6.07, 6.45) is 1.98. The molecule has 0 aliphatic rings. The van der Waals surface area contributed by atoms with Crippen LogP contribution in [-0.4, -0.2) is 19.2 Å². The quantitative estimate of drug-likeness (QED) is 0.870. The lowest BCUT2D eigenvalue weighted by Crippen LogP contribution is -2.07. The Labute approximate surface area is 96.2 Å². The van der Waals surface area contributed by atoms with Crippen molar-refractivity contribution in [3.8, 4) is 0 Å². The van der Waals surface area contributed by atoms with Gasteiger partial charge in [-0.15, -0.1) is 12.4 Å². The van der Waals surface area contributed by atoms with Gasteiger partial charge in [-0.3, -0.25) is 4.98 Å². The summed E-state index contributed by atoms with van der Waals surface area (Å²) in [6, 6.07) is 3.20. The monoisotopic (exact) mass is 250 g/mol. The Morgan fingerprint density at radius 1 is 1.40 bits per heavy atom. The van der Waals surface area contributed by atoms with E-state index in [1.54, 1.807) is 12.1 Å². The van der Waals surface area contributed by atoms with Crippen molar-refractivity contribution < 1.29 is 8.42 Å². The van der Waals surface area contributed by atoms with Gasteiger partial charge < -0.3 is 5.73 Å². The van der Waals surface area contributed by atoms with E-state index in [-0.39, 0.29) is 23.1 Å². The average molecular weight is 251 g/mol. The lowest BCUT2D eigenvalue weighted by Gasteiger charge is -2.02. The number of halogens is 1. The van der Waals surface area contributed by atoms with Gasteiger partial charge in [0.05, 0.1) is 16.3 Å². The molecule has 1 heterocycles. The summed E-state index contributed by atoms with van der Waals surface area (Å²) in [6.45, 7) is 2.16. The molecule has 0 fully saturated rings. The van der Waals surface area contributed by atoms with E-state index >= 15 is 0 Å². The SMILES string of the molecule is CCCS(=O)(=O)c1ccc(CN)nc1.Cl. The molecular weight excluding hydrogens is 236 g/mol. The highest BCUT2D eigenvalue weighted by Crippen LogP contribution is 2.10. The van der Waals surface area contributed by atoms with E-state index in [0.717, 1.165) is 0 Å². The van der Waals surface area contributed by atoms with Crippen molar-refractivity contribution in [2.45, 2.75) is 24.8 Å². The van der Waals surface area contributed by atoms with E-state index in [4.69, 9.17) is 5.73 Å². The first-order valence-electron chi connectivity index (χ1n) is 4.48. The van der Waals surface area contributed by atoms with E-state index in [9.17, 15) is 8.42 Å². The summed E-state index contributed by atoms with van der Waals surface area (Å²) in [5, 5.41) is 0. The van der Waals surface area contributed by atoms with Crippen LogP contribution in [-0.2, 0) is 16.4 Å². The van der Waals surface area contributed by atoms with Gasteiger partial charge in [-0.2, -0.15) is 0 Å². The molecule has 0 atom stereocenters. The van der Waals surface area contributed by atoms with Crippen molar-refractivity contribution in [2.75, 3.05) is 5.75 Å². The number of hydrogen-bond acceptors (Lipinski definition) is 4. The standard InChI is InChI=1S/C9H14N2O2S.ClH/c1-2-5-14(12,13)9-4-3-8(6-10)11-7-9;/h3-4,7H,2,5-6,10H2,1H3;1H. The van der Waals surface area contributed by atoms with Gasteiger partial charge in [-0.25, -0.2) is 8.42 Å². The third-order valence-corrected chi connectivity index (χ3v) is 3.74. The second kappa shape index (κ2) is 6.05. The molecule has 0 amide bonds.